The normalized spacial score (nSPS) is 18.3. The fourth-order valence-corrected chi connectivity index (χ4v) is 3.12. The van der Waals surface area contributed by atoms with Crippen molar-refractivity contribution in [3.63, 3.8) is 0 Å². The molecule has 1 unspecified atom stereocenters. The van der Waals surface area contributed by atoms with Crippen molar-refractivity contribution in [1.29, 1.82) is 0 Å². The van der Waals surface area contributed by atoms with Crippen LogP contribution in [0.3, 0.4) is 0 Å². The standard InChI is InChI=1S/C20H30N2O2/c1-15-7-5-6-14-22(15)18(23)12-13-21-19(24)16-8-10-17(11-9-16)20(2,3)4/h8-11,15H,5-7,12-14H2,1-4H3,(H,21,24). The Labute approximate surface area is 145 Å². The zero-order valence-electron chi connectivity index (χ0n) is 15.4. The largest absolute Gasteiger partial charge is 0.352 e. The highest BCUT2D eigenvalue weighted by Crippen LogP contribution is 2.22. The van der Waals surface area contributed by atoms with Gasteiger partial charge in [0.1, 0.15) is 0 Å². The lowest BCUT2D eigenvalue weighted by Crippen LogP contribution is -2.43. The van der Waals surface area contributed by atoms with Gasteiger partial charge >= 0.3 is 0 Å². The number of likely N-dealkylation sites (tertiary alicyclic amines) is 1. The first-order valence-electron chi connectivity index (χ1n) is 8.97. The number of hydrogen-bond acceptors (Lipinski definition) is 2. The van der Waals surface area contributed by atoms with Crippen LogP contribution < -0.4 is 5.32 Å². The third-order valence-corrected chi connectivity index (χ3v) is 4.76. The number of carbonyl (C=O) groups is 2. The first kappa shape index (κ1) is 18.5. The molecule has 0 aromatic heterocycles. The maximum atomic E-state index is 12.3. The quantitative estimate of drug-likeness (QED) is 0.918. The Balaban J connectivity index is 1.81. The minimum atomic E-state index is -0.116. The van der Waals surface area contributed by atoms with Crippen molar-refractivity contribution in [2.75, 3.05) is 13.1 Å². The van der Waals surface area contributed by atoms with Gasteiger partial charge in [0.2, 0.25) is 5.91 Å². The van der Waals surface area contributed by atoms with Crippen molar-refractivity contribution < 1.29 is 9.59 Å². The van der Waals surface area contributed by atoms with Gasteiger partial charge in [-0.15, -0.1) is 0 Å². The van der Waals surface area contributed by atoms with E-state index < -0.39 is 0 Å². The number of nitrogens with zero attached hydrogens (tertiary/aromatic N) is 1. The van der Waals surface area contributed by atoms with Gasteiger partial charge in [-0.05, 0) is 49.3 Å². The summed E-state index contributed by atoms with van der Waals surface area (Å²) in [5.74, 6) is 0.0283. The molecule has 4 heteroatoms. The summed E-state index contributed by atoms with van der Waals surface area (Å²) in [5.41, 5.74) is 1.92. The van der Waals surface area contributed by atoms with E-state index in [1.165, 1.54) is 12.0 Å². The summed E-state index contributed by atoms with van der Waals surface area (Å²) in [7, 11) is 0. The van der Waals surface area contributed by atoms with Crippen molar-refractivity contribution in [2.24, 2.45) is 0 Å². The van der Waals surface area contributed by atoms with E-state index in [2.05, 4.69) is 33.0 Å². The zero-order chi connectivity index (χ0) is 17.7. The lowest BCUT2D eigenvalue weighted by Gasteiger charge is -2.33. The molecule has 1 saturated heterocycles. The Bertz CT molecular complexity index is 572. The molecule has 1 aromatic carbocycles. The molecule has 4 nitrogen and oxygen atoms in total. The summed E-state index contributed by atoms with van der Waals surface area (Å²) in [5, 5.41) is 2.86. The second-order valence-electron chi connectivity index (χ2n) is 7.77. The summed E-state index contributed by atoms with van der Waals surface area (Å²) < 4.78 is 0. The molecular weight excluding hydrogens is 300 g/mol. The maximum Gasteiger partial charge on any atom is 0.251 e. The average Bonchev–Trinajstić information content (AvgIpc) is 2.54. The van der Waals surface area contributed by atoms with Crippen LogP contribution in [-0.2, 0) is 10.2 Å². The molecule has 1 aliphatic rings. The number of nitrogens with one attached hydrogen (secondary N) is 1. The van der Waals surface area contributed by atoms with E-state index >= 15 is 0 Å². The number of amides is 2. The highest BCUT2D eigenvalue weighted by Gasteiger charge is 2.22. The van der Waals surface area contributed by atoms with Crippen LogP contribution in [0.25, 0.3) is 0 Å². The van der Waals surface area contributed by atoms with Crippen LogP contribution >= 0.6 is 0 Å². The highest BCUT2D eigenvalue weighted by molar-refractivity contribution is 5.94. The van der Waals surface area contributed by atoms with Crippen molar-refractivity contribution in [2.45, 2.75) is 64.8 Å². The van der Waals surface area contributed by atoms with E-state index in [9.17, 15) is 9.59 Å². The van der Waals surface area contributed by atoms with Crippen molar-refractivity contribution in [1.82, 2.24) is 10.2 Å². The molecular formula is C20H30N2O2. The molecule has 132 valence electrons. The number of hydrogen-bond donors (Lipinski definition) is 1. The molecule has 0 spiro atoms. The monoisotopic (exact) mass is 330 g/mol. The topological polar surface area (TPSA) is 49.4 Å². The van der Waals surface area contributed by atoms with Gasteiger partial charge in [-0.1, -0.05) is 32.9 Å². The van der Waals surface area contributed by atoms with E-state index in [0.717, 1.165) is 19.4 Å². The molecule has 0 saturated carbocycles. The molecule has 1 aliphatic heterocycles. The van der Waals surface area contributed by atoms with Crippen LogP contribution in [0.2, 0.25) is 0 Å². The Kier molecular flexibility index (Phi) is 6.03. The average molecular weight is 330 g/mol. The van der Waals surface area contributed by atoms with Crippen molar-refractivity contribution in [3.8, 4) is 0 Å². The number of benzene rings is 1. The van der Waals surface area contributed by atoms with Gasteiger partial charge in [0, 0.05) is 31.1 Å². The second-order valence-corrected chi connectivity index (χ2v) is 7.77. The molecule has 0 bridgehead atoms. The van der Waals surface area contributed by atoms with Crippen LogP contribution in [0.15, 0.2) is 24.3 Å². The van der Waals surface area contributed by atoms with Crippen molar-refractivity contribution >= 4 is 11.8 Å². The summed E-state index contributed by atoms with van der Waals surface area (Å²) in [6.45, 7) is 9.79. The van der Waals surface area contributed by atoms with Gasteiger partial charge in [0.25, 0.3) is 5.91 Å². The minimum Gasteiger partial charge on any atom is -0.352 e. The Morgan fingerprint density at radius 2 is 1.83 bits per heavy atom. The fraction of sp³-hybridized carbons (Fsp3) is 0.600. The predicted molar refractivity (Wildman–Crippen MR) is 97.1 cm³/mol. The second kappa shape index (κ2) is 7.82. The van der Waals surface area contributed by atoms with E-state index in [4.69, 9.17) is 0 Å². The summed E-state index contributed by atoms with van der Waals surface area (Å²) >= 11 is 0. The van der Waals surface area contributed by atoms with E-state index in [1.54, 1.807) is 0 Å². The summed E-state index contributed by atoms with van der Waals surface area (Å²) in [6.07, 6.45) is 3.74. The molecule has 1 fully saturated rings. The smallest absolute Gasteiger partial charge is 0.251 e. The molecule has 2 amide bonds. The summed E-state index contributed by atoms with van der Waals surface area (Å²) in [4.78, 5) is 26.4. The van der Waals surface area contributed by atoms with Gasteiger partial charge < -0.3 is 10.2 Å². The molecule has 1 heterocycles. The van der Waals surface area contributed by atoms with Gasteiger partial charge in [0.15, 0.2) is 0 Å². The number of piperidine rings is 1. The third-order valence-electron chi connectivity index (χ3n) is 4.76. The Morgan fingerprint density at radius 1 is 1.17 bits per heavy atom. The predicted octanol–water partition coefficient (Wildman–Crippen LogP) is 3.51. The van der Waals surface area contributed by atoms with Gasteiger partial charge in [-0.2, -0.15) is 0 Å². The van der Waals surface area contributed by atoms with Crippen LogP contribution in [0.5, 0.6) is 0 Å². The molecule has 0 radical (unpaired) electrons. The lowest BCUT2D eigenvalue weighted by atomic mass is 9.87. The van der Waals surface area contributed by atoms with Crippen LogP contribution in [0, 0.1) is 0 Å². The van der Waals surface area contributed by atoms with Crippen LogP contribution in [0.1, 0.15) is 69.3 Å². The highest BCUT2D eigenvalue weighted by atomic mass is 16.2. The maximum absolute atomic E-state index is 12.3. The SMILES string of the molecule is CC1CCCCN1C(=O)CCNC(=O)c1ccc(C(C)(C)C)cc1. The molecule has 1 aromatic rings. The lowest BCUT2D eigenvalue weighted by molar-refractivity contribution is -0.134. The number of carbonyl (C=O) groups excluding carboxylic acids is 2. The van der Waals surface area contributed by atoms with Crippen LogP contribution in [-0.4, -0.2) is 35.8 Å². The Morgan fingerprint density at radius 3 is 2.42 bits per heavy atom. The summed E-state index contributed by atoms with van der Waals surface area (Å²) in [6, 6.07) is 8.02. The van der Waals surface area contributed by atoms with E-state index in [-0.39, 0.29) is 17.2 Å². The van der Waals surface area contributed by atoms with E-state index in [0.29, 0.717) is 24.6 Å². The van der Waals surface area contributed by atoms with Gasteiger partial charge in [-0.3, -0.25) is 9.59 Å². The molecule has 1 atom stereocenters. The van der Waals surface area contributed by atoms with Crippen LogP contribution in [0.4, 0.5) is 0 Å². The minimum absolute atomic E-state index is 0.0760. The van der Waals surface area contributed by atoms with Gasteiger partial charge in [-0.25, -0.2) is 0 Å². The molecule has 2 rings (SSSR count). The molecule has 24 heavy (non-hydrogen) atoms. The first-order chi connectivity index (χ1) is 11.3. The Hall–Kier alpha value is -1.84. The number of rotatable bonds is 4. The zero-order valence-corrected chi connectivity index (χ0v) is 15.4. The van der Waals surface area contributed by atoms with Crippen molar-refractivity contribution in [3.05, 3.63) is 35.4 Å². The first-order valence-corrected chi connectivity index (χ1v) is 8.97. The molecule has 1 N–H and O–H groups in total. The molecule has 0 aliphatic carbocycles. The van der Waals surface area contributed by atoms with E-state index in [1.807, 2.05) is 29.2 Å². The van der Waals surface area contributed by atoms with Gasteiger partial charge in [0.05, 0.1) is 0 Å². The third kappa shape index (κ3) is 4.83. The fourth-order valence-electron chi connectivity index (χ4n) is 3.12.